The van der Waals surface area contributed by atoms with Crippen molar-refractivity contribution in [3.8, 4) is 5.95 Å². The van der Waals surface area contributed by atoms with E-state index in [9.17, 15) is 0 Å². The highest BCUT2D eigenvalue weighted by Crippen LogP contribution is 2.16. The van der Waals surface area contributed by atoms with Crippen molar-refractivity contribution in [1.29, 1.82) is 0 Å². The van der Waals surface area contributed by atoms with Crippen molar-refractivity contribution in [1.82, 2.24) is 24.7 Å². The molecule has 8 heteroatoms. The maximum Gasteiger partial charge on any atom is 0.256 e. The minimum atomic E-state index is 0.119. The van der Waals surface area contributed by atoms with Crippen molar-refractivity contribution >= 4 is 17.5 Å². The predicted molar refractivity (Wildman–Crippen MR) is 76.1 cm³/mol. The fourth-order valence-corrected chi connectivity index (χ4v) is 1.93. The van der Waals surface area contributed by atoms with E-state index in [0.29, 0.717) is 24.9 Å². The standard InChI is InChI=1S/C12H17ClN6O/c1-9(2)18(6-4-8-20)11-15-10(13)16-12(17-11)19-7-3-5-14-19/h3,5,7,9,20H,4,6,8H2,1-2H3. The quantitative estimate of drug-likeness (QED) is 0.866. The third kappa shape index (κ3) is 3.43. The average molecular weight is 297 g/mol. The maximum atomic E-state index is 8.98. The number of aliphatic hydroxyl groups excluding tert-OH is 1. The molecule has 0 amide bonds. The van der Waals surface area contributed by atoms with Crippen LogP contribution < -0.4 is 4.90 Å². The molecule has 2 rings (SSSR count). The van der Waals surface area contributed by atoms with Gasteiger partial charge in [0.05, 0.1) is 0 Å². The lowest BCUT2D eigenvalue weighted by Crippen LogP contribution is -2.34. The molecule has 108 valence electrons. The molecule has 0 atom stereocenters. The highest BCUT2D eigenvalue weighted by Gasteiger charge is 2.16. The Hall–Kier alpha value is -1.73. The number of anilines is 1. The minimum absolute atomic E-state index is 0.119. The first-order chi connectivity index (χ1) is 9.61. The van der Waals surface area contributed by atoms with Crippen molar-refractivity contribution in [3.05, 3.63) is 23.7 Å². The van der Waals surface area contributed by atoms with Gasteiger partial charge in [-0.15, -0.1) is 0 Å². The van der Waals surface area contributed by atoms with Crippen LogP contribution in [0.15, 0.2) is 18.5 Å². The predicted octanol–water partition coefficient (Wildman–Crippen LogP) is 1.31. The van der Waals surface area contributed by atoms with E-state index in [0.717, 1.165) is 0 Å². The fraction of sp³-hybridized carbons (Fsp3) is 0.500. The second-order valence-corrected chi connectivity index (χ2v) is 4.86. The van der Waals surface area contributed by atoms with E-state index in [-0.39, 0.29) is 17.9 Å². The molecule has 2 aromatic heterocycles. The van der Waals surface area contributed by atoms with Crippen LogP contribution in [-0.4, -0.2) is 49.0 Å². The Morgan fingerprint density at radius 3 is 2.75 bits per heavy atom. The van der Waals surface area contributed by atoms with Gasteiger partial charge in [0, 0.05) is 31.6 Å². The van der Waals surface area contributed by atoms with Gasteiger partial charge in [0.1, 0.15) is 0 Å². The summed E-state index contributed by atoms with van der Waals surface area (Å²) in [5.41, 5.74) is 0. The number of rotatable bonds is 6. The number of nitrogens with zero attached hydrogens (tertiary/aromatic N) is 6. The molecule has 0 radical (unpaired) electrons. The normalized spacial score (nSPS) is 11.1. The molecule has 0 saturated carbocycles. The Morgan fingerprint density at radius 1 is 1.35 bits per heavy atom. The van der Waals surface area contributed by atoms with Gasteiger partial charge >= 0.3 is 0 Å². The van der Waals surface area contributed by atoms with Gasteiger partial charge in [0.25, 0.3) is 5.95 Å². The number of hydrogen-bond donors (Lipinski definition) is 1. The van der Waals surface area contributed by atoms with Crippen LogP contribution in [0.2, 0.25) is 5.28 Å². The third-order valence-electron chi connectivity index (χ3n) is 2.73. The SMILES string of the molecule is CC(C)N(CCCO)c1nc(Cl)nc(-n2cccn2)n1. The van der Waals surface area contributed by atoms with Crippen molar-refractivity contribution in [3.63, 3.8) is 0 Å². The van der Waals surface area contributed by atoms with Crippen LogP contribution in [0.25, 0.3) is 5.95 Å². The third-order valence-corrected chi connectivity index (χ3v) is 2.90. The summed E-state index contributed by atoms with van der Waals surface area (Å²) in [5, 5.41) is 13.2. The Labute approximate surface area is 122 Å². The van der Waals surface area contributed by atoms with Crippen LogP contribution in [0, 0.1) is 0 Å². The first kappa shape index (κ1) is 14.7. The molecule has 7 nitrogen and oxygen atoms in total. The van der Waals surface area contributed by atoms with Crippen LogP contribution in [0.4, 0.5) is 5.95 Å². The smallest absolute Gasteiger partial charge is 0.256 e. The molecule has 0 bridgehead atoms. The molecule has 2 heterocycles. The zero-order chi connectivity index (χ0) is 14.5. The molecule has 0 fully saturated rings. The molecule has 0 aliphatic carbocycles. The van der Waals surface area contributed by atoms with Crippen LogP contribution in [-0.2, 0) is 0 Å². The lowest BCUT2D eigenvalue weighted by atomic mass is 10.3. The molecule has 20 heavy (non-hydrogen) atoms. The second kappa shape index (κ2) is 6.62. The Morgan fingerprint density at radius 2 is 2.15 bits per heavy atom. The molecule has 0 spiro atoms. The average Bonchev–Trinajstić information content (AvgIpc) is 2.92. The minimum Gasteiger partial charge on any atom is -0.396 e. The molecular formula is C12H17ClN6O. The maximum absolute atomic E-state index is 8.98. The lowest BCUT2D eigenvalue weighted by Gasteiger charge is -2.26. The van der Waals surface area contributed by atoms with Crippen LogP contribution in [0.1, 0.15) is 20.3 Å². The number of hydrogen-bond acceptors (Lipinski definition) is 6. The van der Waals surface area contributed by atoms with Crippen LogP contribution in [0.3, 0.4) is 0 Å². The molecule has 0 aliphatic heterocycles. The molecular weight excluding hydrogens is 280 g/mol. The first-order valence-corrected chi connectivity index (χ1v) is 6.78. The largest absolute Gasteiger partial charge is 0.396 e. The van der Waals surface area contributed by atoms with Crippen molar-refractivity contribution in [2.75, 3.05) is 18.1 Å². The Kier molecular flexibility index (Phi) is 4.86. The highest BCUT2D eigenvalue weighted by atomic mass is 35.5. The summed E-state index contributed by atoms with van der Waals surface area (Å²) in [7, 11) is 0. The van der Waals surface area contributed by atoms with Gasteiger partial charge in [-0.2, -0.15) is 20.1 Å². The summed E-state index contributed by atoms with van der Waals surface area (Å²) in [5.74, 6) is 0.860. The first-order valence-electron chi connectivity index (χ1n) is 6.41. The number of aliphatic hydroxyl groups is 1. The number of aromatic nitrogens is 5. The van der Waals surface area contributed by atoms with E-state index in [1.54, 1.807) is 18.5 Å². The van der Waals surface area contributed by atoms with Crippen LogP contribution in [0.5, 0.6) is 0 Å². The number of halogens is 1. The van der Waals surface area contributed by atoms with Gasteiger partial charge in [-0.1, -0.05) is 0 Å². The lowest BCUT2D eigenvalue weighted by molar-refractivity contribution is 0.288. The van der Waals surface area contributed by atoms with Gasteiger partial charge in [-0.3, -0.25) is 0 Å². The van der Waals surface area contributed by atoms with Crippen molar-refractivity contribution < 1.29 is 5.11 Å². The van der Waals surface area contributed by atoms with E-state index in [1.807, 2.05) is 18.7 Å². The molecule has 0 saturated heterocycles. The van der Waals surface area contributed by atoms with Gasteiger partial charge in [-0.25, -0.2) is 4.68 Å². The van der Waals surface area contributed by atoms with Gasteiger partial charge in [-0.05, 0) is 37.9 Å². The van der Waals surface area contributed by atoms with Gasteiger partial charge in [0.2, 0.25) is 11.2 Å². The molecule has 2 aromatic rings. The zero-order valence-electron chi connectivity index (χ0n) is 11.4. The van der Waals surface area contributed by atoms with E-state index < -0.39 is 0 Å². The van der Waals surface area contributed by atoms with Gasteiger partial charge in [0.15, 0.2) is 0 Å². The van der Waals surface area contributed by atoms with E-state index in [2.05, 4.69) is 20.1 Å². The second-order valence-electron chi connectivity index (χ2n) is 4.52. The zero-order valence-corrected chi connectivity index (χ0v) is 12.2. The summed E-state index contributed by atoms with van der Waals surface area (Å²) in [6.07, 6.45) is 4.02. The summed E-state index contributed by atoms with van der Waals surface area (Å²) in [4.78, 5) is 14.6. The van der Waals surface area contributed by atoms with E-state index in [4.69, 9.17) is 16.7 Å². The fourth-order valence-electron chi connectivity index (χ4n) is 1.78. The van der Waals surface area contributed by atoms with Crippen molar-refractivity contribution in [2.45, 2.75) is 26.3 Å². The molecule has 0 aliphatic rings. The monoisotopic (exact) mass is 296 g/mol. The summed E-state index contributed by atoms with van der Waals surface area (Å²) < 4.78 is 1.53. The summed E-state index contributed by atoms with van der Waals surface area (Å²) in [6, 6.07) is 1.97. The van der Waals surface area contributed by atoms with Crippen molar-refractivity contribution in [2.24, 2.45) is 0 Å². The summed E-state index contributed by atoms with van der Waals surface area (Å²) in [6.45, 7) is 4.83. The van der Waals surface area contributed by atoms with Gasteiger partial charge < -0.3 is 10.0 Å². The van der Waals surface area contributed by atoms with Crippen LogP contribution >= 0.6 is 11.6 Å². The molecule has 1 N–H and O–H groups in total. The Balaban J connectivity index is 2.34. The summed E-state index contributed by atoms with van der Waals surface area (Å²) >= 11 is 5.97. The van der Waals surface area contributed by atoms with E-state index in [1.165, 1.54) is 4.68 Å². The van der Waals surface area contributed by atoms with E-state index >= 15 is 0 Å². The molecule has 0 aromatic carbocycles. The molecule has 0 unspecified atom stereocenters. The Bertz CT molecular complexity index is 545. The topological polar surface area (TPSA) is 80.0 Å². The highest BCUT2D eigenvalue weighted by molar-refractivity contribution is 6.28.